The zero-order valence-corrected chi connectivity index (χ0v) is 17.9. The summed E-state index contributed by atoms with van der Waals surface area (Å²) in [5.41, 5.74) is 3.34. The van der Waals surface area contributed by atoms with E-state index in [1.54, 1.807) is 0 Å². The third-order valence-corrected chi connectivity index (χ3v) is 6.33. The molecule has 1 atom stereocenters. The summed E-state index contributed by atoms with van der Waals surface area (Å²) in [4.78, 5) is 4.87. The smallest absolute Gasteiger partial charge is 0.167 e. The third kappa shape index (κ3) is 3.91. The van der Waals surface area contributed by atoms with Crippen molar-refractivity contribution in [3.63, 3.8) is 0 Å². The number of anilines is 1. The zero-order chi connectivity index (χ0) is 20.3. The molecule has 0 spiro atoms. The van der Waals surface area contributed by atoms with Crippen molar-refractivity contribution in [2.45, 2.75) is 6.10 Å². The molecule has 0 bridgehead atoms. The van der Waals surface area contributed by atoms with Crippen molar-refractivity contribution in [3.05, 3.63) is 89.4 Å². The number of hydrogen-bond donors (Lipinski definition) is 0. The molecule has 1 unspecified atom stereocenters. The lowest BCUT2D eigenvalue weighted by atomic mass is 10.1. The highest BCUT2D eigenvalue weighted by atomic mass is 32.1. The van der Waals surface area contributed by atoms with E-state index >= 15 is 0 Å². The Bertz CT molecular complexity index is 1110. The minimum absolute atomic E-state index is 0.217. The SMILES string of the molecule is CN1CCN(c2cccc3ccc(OC(c4ccccc4)c4ccsn4)cc23)CC1. The van der Waals surface area contributed by atoms with E-state index in [2.05, 4.69) is 69.8 Å². The van der Waals surface area contributed by atoms with Gasteiger partial charge in [0.15, 0.2) is 6.10 Å². The molecule has 1 saturated heterocycles. The molecule has 30 heavy (non-hydrogen) atoms. The lowest BCUT2D eigenvalue weighted by molar-refractivity contribution is 0.244. The number of piperazine rings is 1. The van der Waals surface area contributed by atoms with Gasteiger partial charge < -0.3 is 14.5 Å². The van der Waals surface area contributed by atoms with E-state index in [1.165, 1.54) is 28.0 Å². The van der Waals surface area contributed by atoms with E-state index in [-0.39, 0.29) is 6.10 Å². The molecule has 1 aliphatic heterocycles. The first-order valence-electron chi connectivity index (χ1n) is 10.4. The van der Waals surface area contributed by atoms with Crippen LogP contribution in [0.25, 0.3) is 10.8 Å². The molecule has 5 rings (SSSR count). The average Bonchev–Trinajstić information content (AvgIpc) is 3.33. The Morgan fingerprint density at radius 3 is 2.50 bits per heavy atom. The molecule has 4 nitrogen and oxygen atoms in total. The first-order chi connectivity index (χ1) is 14.8. The van der Waals surface area contributed by atoms with Crippen LogP contribution in [0.1, 0.15) is 17.4 Å². The second-order valence-electron chi connectivity index (χ2n) is 7.78. The van der Waals surface area contributed by atoms with Crippen LogP contribution in [0, 0.1) is 0 Å². The predicted molar refractivity (Wildman–Crippen MR) is 125 cm³/mol. The number of benzene rings is 3. The van der Waals surface area contributed by atoms with Crippen molar-refractivity contribution in [2.75, 3.05) is 38.1 Å². The second-order valence-corrected chi connectivity index (χ2v) is 8.45. The molecular formula is C25H25N3OS. The Hall–Kier alpha value is -2.89. The Kier molecular flexibility index (Phi) is 5.39. The van der Waals surface area contributed by atoms with Crippen LogP contribution in [0.15, 0.2) is 78.2 Å². The highest BCUT2D eigenvalue weighted by molar-refractivity contribution is 7.03. The zero-order valence-electron chi connectivity index (χ0n) is 17.1. The molecule has 0 aliphatic carbocycles. The number of rotatable bonds is 5. The molecular weight excluding hydrogens is 390 g/mol. The number of fused-ring (bicyclic) bond motifs is 1. The average molecular weight is 416 g/mol. The Labute approximate surface area is 181 Å². The van der Waals surface area contributed by atoms with Gasteiger partial charge in [-0.05, 0) is 53.8 Å². The maximum absolute atomic E-state index is 6.53. The van der Waals surface area contributed by atoms with Gasteiger partial charge in [-0.15, -0.1) is 0 Å². The summed E-state index contributed by atoms with van der Waals surface area (Å²) in [5.74, 6) is 0.867. The summed E-state index contributed by atoms with van der Waals surface area (Å²) in [5, 5.41) is 4.48. The number of aromatic nitrogens is 1. The van der Waals surface area contributed by atoms with Crippen LogP contribution in [0.4, 0.5) is 5.69 Å². The quantitative estimate of drug-likeness (QED) is 0.447. The van der Waals surface area contributed by atoms with Crippen LogP contribution in [0.3, 0.4) is 0 Å². The van der Waals surface area contributed by atoms with Gasteiger partial charge >= 0.3 is 0 Å². The summed E-state index contributed by atoms with van der Waals surface area (Å²) < 4.78 is 11.1. The standard InChI is InChI=1S/C25H25N3OS/c1-27-13-15-28(16-14-27)24-9-5-8-19-10-11-21(18-22(19)24)29-25(23-12-17-30-26-23)20-6-3-2-4-7-20/h2-12,17-18,25H,13-16H2,1H3. The van der Waals surface area contributed by atoms with Crippen molar-refractivity contribution in [1.82, 2.24) is 9.27 Å². The first kappa shape index (κ1) is 19.1. The van der Waals surface area contributed by atoms with Crippen LogP contribution in [0.5, 0.6) is 5.75 Å². The van der Waals surface area contributed by atoms with Crippen molar-refractivity contribution < 1.29 is 4.74 Å². The fraction of sp³-hybridized carbons (Fsp3) is 0.240. The van der Waals surface area contributed by atoms with Gasteiger partial charge in [-0.25, -0.2) is 0 Å². The molecule has 0 N–H and O–H groups in total. The van der Waals surface area contributed by atoms with Gasteiger partial charge in [0.2, 0.25) is 0 Å². The van der Waals surface area contributed by atoms with Crippen LogP contribution in [0.2, 0.25) is 0 Å². The summed E-state index contributed by atoms with van der Waals surface area (Å²) >= 11 is 1.46. The highest BCUT2D eigenvalue weighted by Crippen LogP contribution is 2.34. The van der Waals surface area contributed by atoms with E-state index in [0.717, 1.165) is 43.2 Å². The van der Waals surface area contributed by atoms with Crippen molar-refractivity contribution >= 4 is 28.0 Å². The van der Waals surface area contributed by atoms with Gasteiger partial charge in [0.05, 0.1) is 5.69 Å². The van der Waals surface area contributed by atoms with E-state index < -0.39 is 0 Å². The lowest BCUT2D eigenvalue weighted by Crippen LogP contribution is -2.44. The van der Waals surface area contributed by atoms with Crippen LogP contribution >= 0.6 is 11.5 Å². The van der Waals surface area contributed by atoms with Gasteiger partial charge in [0.25, 0.3) is 0 Å². The highest BCUT2D eigenvalue weighted by Gasteiger charge is 2.20. The second kappa shape index (κ2) is 8.46. The van der Waals surface area contributed by atoms with Gasteiger partial charge in [0.1, 0.15) is 5.75 Å². The number of ether oxygens (including phenoxy) is 1. The summed E-state index contributed by atoms with van der Waals surface area (Å²) in [6, 6.07) is 25.3. The minimum Gasteiger partial charge on any atom is -0.479 e. The van der Waals surface area contributed by atoms with Crippen molar-refractivity contribution in [2.24, 2.45) is 0 Å². The van der Waals surface area contributed by atoms with Gasteiger partial charge in [-0.2, -0.15) is 4.37 Å². The topological polar surface area (TPSA) is 28.6 Å². The van der Waals surface area contributed by atoms with E-state index in [1.807, 2.05) is 29.6 Å². The molecule has 0 saturated carbocycles. The van der Waals surface area contributed by atoms with Crippen molar-refractivity contribution in [1.29, 1.82) is 0 Å². The maximum Gasteiger partial charge on any atom is 0.167 e. The third-order valence-electron chi connectivity index (χ3n) is 5.76. The summed E-state index contributed by atoms with van der Waals surface area (Å²) in [6.45, 7) is 4.28. The number of nitrogens with zero attached hydrogens (tertiary/aromatic N) is 3. The summed E-state index contributed by atoms with van der Waals surface area (Å²) in [6.07, 6.45) is -0.217. The molecule has 1 fully saturated rings. The summed E-state index contributed by atoms with van der Waals surface area (Å²) in [7, 11) is 2.19. The molecule has 1 aromatic heterocycles. The van der Waals surface area contributed by atoms with E-state index in [4.69, 9.17) is 4.74 Å². The monoisotopic (exact) mass is 415 g/mol. The Morgan fingerprint density at radius 2 is 1.73 bits per heavy atom. The molecule has 1 aliphatic rings. The van der Waals surface area contributed by atoms with Gasteiger partial charge in [0, 0.05) is 42.6 Å². The number of likely N-dealkylation sites (N-methyl/N-ethyl adjacent to an activating group) is 1. The van der Waals surface area contributed by atoms with Crippen LogP contribution in [-0.4, -0.2) is 42.5 Å². The Morgan fingerprint density at radius 1 is 0.900 bits per heavy atom. The van der Waals surface area contributed by atoms with Gasteiger partial charge in [-0.3, -0.25) is 0 Å². The minimum atomic E-state index is -0.217. The molecule has 152 valence electrons. The molecule has 3 aromatic carbocycles. The molecule has 2 heterocycles. The maximum atomic E-state index is 6.53. The predicted octanol–water partition coefficient (Wildman–Crippen LogP) is 5.22. The van der Waals surface area contributed by atoms with Crippen LogP contribution in [-0.2, 0) is 0 Å². The lowest BCUT2D eigenvalue weighted by Gasteiger charge is -2.34. The normalized spacial score (nSPS) is 16.0. The van der Waals surface area contributed by atoms with Crippen molar-refractivity contribution in [3.8, 4) is 5.75 Å². The fourth-order valence-electron chi connectivity index (χ4n) is 4.05. The first-order valence-corrected chi connectivity index (χ1v) is 11.2. The van der Waals surface area contributed by atoms with E-state index in [9.17, 15) is 0 Å². The van der Waals surface area contributed by atoms with Gasteiger partial charge in [-0.1, -0.05) is 48.5 Å². The molecule has 0 amide bonds. The van der Waals surface area contributed by atoms with Crippen LogP contribution < -0.4 is 9.64 Å². The fourth-order valence-corrected chi connectivity index (χ4v) is 4.59. The number of hydrogen-bond acceptors (Lipinski definition) is 5. The molecule has 4 aromatic rings. The largest absolute Gasteiger partial charge is 0.479 e. The van der Waals surface area contributed by atoms with E-state index in [0.29, 0.717) is 0 Å². The molecule has 5 heteroatoms. The Balaban J connectivity index is 1.50. The molecule has 0 radical (unpaired) electrons.